The van der Waals surface area contributed by atoms with Gasteiger partial charge < -0.3 is 5.32 Å². The van der Waals surface area contributed by atoms with Crippen LogP contribution in [0.3, 0.4) is 0 Å². The van der Waals surface area contributed by atoms with Crippen molar-refractivity contribution in [2.45, 2.75) is 18.5 Å². The summed E-state index contributed by atoms with van der Waals surface area (Å²) in [5.74, 6) is 0.145. The molecule has 28 heavy (non-hydrogen) atoms. The first kappa shape index (κ1) is 19.5. The summed E-state index contributed by atoms with van der Waals surface area (Å²) in [6, 6.07) is 17.7. The van der Waals surface area contributed by atoms with Crippen LogP contribution >= 0.6 is 11.8 Å². The lowest BCUT2D eigenvalue weighted by atomic mass is 10.1. The first-order valence-corrected chi connectivity index (χ1v) is 9.53. The molecule has 7 nitrogen and oxygen atoms in total. The van der Waals surface area contributed by atoms with Crippen LogP contribution in [0.4, 0.5) is 5.69 Å². The molecule has 0 saturated heterocycles. The lowest BCUT2D eigenvalue weighted by Crippen LogP contribution is -2.24. The van der Waals surface area contributed by atoms with E-state index in [1.807, 2.05) is 31.2 Å². The number of aryl methyl sites for hydroxylation is 1. The molecule has 0 aliphatic rings. The number of nitro benzene ring substituents is 1. The standard InChI is InChI=1S/C20H18N4O3S/c1-14-5-7-15(8-6-14)12-21-19(25)13-28-20-10-9-18(22-23-20)16-3-2-4-17(11-16)24(26)27/h2-11H,12-13H2,1H3,(H,21,25). The zero-order valence-corrected chi connectivity index (χ0v) is 16.0. The second-order valence-corrected chi connectivity index (χ2v) is 7.11. The maximum absolute atomic E-state index is 12.0. The van der Waals surface area contributed by atoms with Crippen molar-refractivity contribution in [3.05, 3.63) is 81.9 Å². The molecule has 0 aliphatic carbocycles. The summed E-state index contributed by atoms with van der Waals surface area (Å²) in [5, 5.41) is 22.6. The normalized spacial score (nSPS) is 10.5. The molecule has 0 spiro atoms. The third kappa shape index (κ3) is 5.37. The van der Waals surface area contributed by atoms with Gasteiger partial charge in [-0.3, -0.25) is 14.9 Å². The number of non-ortho nitro benzene ring substituents is 1. The van der Waals surface area contributed by atoms with Crippen LogP contribution in [-0.4, -0.2) is 26.8 Å². The van der Waals surface area contributed by atoms with E-state index >= 15 is 0 Å². The molecule has 3 aromatic rings. The number of carbonyl (C=O) groups is 1. The van der Waals surface area contributed by atoms with Crippen molar-refractivity contribution >= 4 is 23.4 Å². The van der Waals surface area contributed by atoms with E-state index in [4.69, 9.17) is 0 Å². The van der Waals surface area contributed by atoms with Crippen LogP contribution in [0.1, 0.15) is 11.1 Å². The third-order valence-electron chi connectivity index (χ3n) is 3.95. The van der Waals surface area contributed by atoms with E-state index in [2.05, 4.69) is 15.5 Å². The predicted octanol–water partition coefficient (Wildman–Crippen LogP) is 3.77. The molecule has 1 amide bonds. The summed E-state index contributed by atoms with van der Waals surface area (Å²) in [7, 11) is 0. The minimum absolute atomic E-state index is 0.00278. The van der Waals surface area contributed by atoms with Crippen LogP contribution in [-0.2, 0) is 11.3 Å². The molecule has 0 atom stereocenters. The van der Waals surface area contributed by atoms with Crippen molar-refractivity contribution in [2.24, 2.45) is 0 Å². The van der Waals surface area contributed by atoms with Crippen LogP contribution in [0.2, 0.25) is 0 Å². The number of nitro groups is 1. The Kier molecular flexibility index (Phi) is 6.33. The molecule has 1 aromatic heterocycles. The molecular formula is C20H18N4O3S. The zero-order valence-electron chi connectivity index (χ0n) is 15.2. The summed E-state index contributed by atoms with van der Waals surface area (Å²) in [5.41, 5.74) is 3.39. The molecule has 0 saturated carbocycles. The lowest BCUT2D eigenvalue weighted by Gasteiger charge is -2.06. The van der Waals surface area contributed by atoms with Crippen molar-refractivity contribution < 1.29 is 9.72 Å². The van der Waals surface area contributed by atoms with E-state index in [-0.39, 0.29) is 17.3 Å². The molecule has 0 radical (unpaired) electrons. The van der Waals surface area contributed by atoms with E-state index in [0.717, 1.165) is 5.56 Å². The Morgan fingerprint density at radius 1 is 1.11 bits per heavy atom. The lowest BCUT2D eigenvalue weighted by molar-refractivity contribution is -0.384. The molecule has 1 N–H and O–H groups in total. The molecule has 1 heterocycles. The number of hydrogen-bond acceptors (Lipinski definition) is 6. The monoisotopic (exact) mass is 394 g/mol. The maximum Gasteiger partial charge on any atom is 0.270 e. The molecule has 0 bridgehead atoms. The maximum atomic E-state index is 12.0. The average molecular weight is 394 g/mol. The highest BCUT2D eigenvalue weighted by atomic mass is 32.2. The Bertz CT molecular complexity index is 976. The van der Waals surface area contributed by atoms with Gasteiger partial charge in [0.15, 0.2) is 0 Å². The topological polar surface area (TPSA) is 98.0 Å². The fourth-order valence-electron chi connectivity index (χ4n) is 2.43. The number of rotatable bonds is 7. The summed E-state index contributed by atoms with van der Waals surface area (Å²) in [6.45, 7) is 2.50. The highest BCUT2D eigenvalue weighted by Crippen LogP contribution is 2.23. The van der Waals surface area contributed by atoms with Crippen LogP contribution in [0, 0.1) is 17.0 Å². The van der Waals surface area contributed by atoms with Gasteiger partial charge in [0.2, 0.25) is 5.91 Å². The number of nitrogens with one attached hydrogen (secondary N) is 1. The zero-order chi connectivity index (χ0) is 19.9. The number of carbonyl (C=O) groups excluding carboxylic acids is 1. The summed E-state index contributed by atoms with van der Waals surface area (Å²) < 4.78 is 0. The van der Waals surface area contributed by atoms with Gasteiger partial charge in [-0.2, -0.15) is 0 Å². The predicted molar refractivity (Wildman–Crippen MR) is 108 cm³/mol. The third-order valence-corrected chi connectivity index (χ3v) is 4.87. The van der Waals surface area contributed by atoms with Crippen LogP contribution < -0.4 is 5.32 Å². The fourth-order valence-corrected chi connectivity index (χ4v) is 3.07. The molecule has 8 heteroatoms. The number of thioether (sulfide) groups is 1. The van der Waals surface area contributed by atoms with Crippen LogP contribution in [0.5, 0.6) is 0 Å². The van der Waals surface area contributed by atoms with Crippen molar-refractivity contribution in [3.63, 3.8) is 0 Å². The van der Waals surface area contributed by atoms with E-state index < -0.39 is 4.92 Å². The van der Waals surface area contributed by atoms with Crippen LogP contribution in [0.15, 0.2) is 65.7 Å². The first-order chi connectivity index (χ1) is 13.5. The molecule has 0 aliphatic heterocycles. The van der Waals surface area contributed by atoms with Gasteiger partial charge in [-0.05, 0) is 24.6 Å². The summed E-state index contributed by atoms with van der Waals surface area (Å²) in [6.07, 6.45) is 0. The highest BCUT2D eigenvalue weighted by Gasteiger charge is 2.09. The number of aromatic nitrogens is 2. The van der Waals surface area contributed by atoms with Gasteiger partial charge in [-0.25, -0.2) is 0 Å². The van der Waals surface area contributed by atoms with E-state index in [9.17, 15) is 14.9 Å². The Morgan fingerprint density at radius 2 is 1.89 bits per heavy atom. The van der Waals surface area contributed by atoms with Gasteiger partial charge in [-0.1, -0.05) is 53.7 Å². The number of benzene rings is 2. The van der Waals surface area contributed by atoms with Gasteiger partial charge >= 0.3 is 0 Å². The smallest absolute Gasteiger partial charge is 0.270 e. The second-order valence-electron chi connectivity index (χ2n) is 6.12. The Hall–Kier alpha value is -3.26. The van der Waals surface area contributed by atoms with Gasteiger partial charge in [0.05, 0.1) is 16.4 Å². The molecule has 2 aromatic carbocycles. The second kappa shape index (κ2) is 9.09. The number of hydrogen-bond donors (Lipinski definition) is 1. The summed E-state index contributed by atoms with van der Waals surface area (Å²) in [4.78, 5) is 22.4. The minimum atomic E-state index is -0.448. The van der Waals surface area contributed by atoms with Crippen molar-refractivity contribution in [1.82, 2.24) is 15.5 Å². The van der Waals surface area contributed by atoms with Gasteiger partial charge in [0, 0.05) is 24.2 Å². The van der Waals surface area contributed by atoms with Crippen molar-refractivity contribution in [3.8, 4) is 11.3 Å². The molecule has 3 rings (SSSR count). The highest BCUT2D eigenvalue weighted by molar-refractivity contribution is 7.99. The largest absolute Gasteiger partial charge is 0.351 e. The Morgan fingerprint density at radius 3 is 2.57 bits per heavy atom. The Labute approximate surface area is 166 Å². The molecular weight excluding hydrogens is 376 g/mol. The quantitative estimate of drug-likeness (QED) is 0.372. The van der Waals surface area contributed by atoms with Crippen molar-refractivity contribution in [1.29, 1.82) is 0 Å². The SMILES string of the molecule is Cc1ccc(CNC(=O)CSc2ccc(-c3cccc([N+](=O)[O-])c3)nn2)cc1. The molecule has 142 valence electrons. The van der Waals surface area contributed by atoms with E-state index in [0.29, 0.717) is 22.8 Å². The van der Waals surface area contributed by atoms with Crippen molar-refractivity contribution in [2.75, 3.05) is 5.75 Å². The van der Waals surface area contributed by atoms with E-state index in [1.165, 1.54) is 29.5 Å². The average Bonchev–Trinajstić information content (AvgIpc) is 2.72. The minimum Gasteiger partial charge on any atom is -0.351 e. The van der Waals surface area contributed by atoms with E-state index in [1.54, 1.807) is 24.3 Å². The van der Waals surface area contributed by atoms with Crippen LogP contribution in [0.25, 0.3) is 11.3 Å². The molecule has 0 fully saturated rings. The van der Waals surface area contributed by atoms with Gasteiger partial charge in [0.1, 0.15) is 5.03 Å². The fraction of sp³-hybridized carbons (Fsp3) is 0.150. The molecule has 0 unspecified atom stereocenters. The van der Waals surface area contributed by atoms with Gasteiger partial charge in [0.25, 0.3) is 5.69 Å². The number of nitrogens with zero attached hydrogens (tertiary/aromatic N) is 3. The van der Waals surface area contributed by atoms with Gasteiger partial charge in [-0.15, -0.1) is 10.2 Å². The number of amides is 1. The summed E-state index contributed by atoms with van der Waals surface area (Å²) >= 11 is 1.28. The Balaban J connectivity index is 1.52. The first-order valence-electron chi connectivity index (χ1n) is 8.55.